The van der Waals surface area contributed by atoms with Gasteiger partial charge in [-0.3, -0.25) is 0 Å². The molecule has 41 heavy (non-hydrogen) atoms. The van der Waals surface area contributed by atoms with Gasteiger partial charge in [0.05, 0.1) is 12.2 Å². The van der Waals surface area contributed by atoms with Gasteiger partial charge in [-0.25, -0.2) is 9.59 Å². The number of nitrogens with one attached hydrogen (secondary N) is 1. The van der Waals surface area contributed by atoms with Crippen LogP contribution < -0.4 is 5.32 Å². The summed E-state index contributed by atoms with van der Waals surface area (Å²) in [6, 6.07) is 26.5. The molecule has 0 aromatic heterocycles. The number of ether oxygens (including phenoxy) is 5. The number of esters is 1. The maximum Gasteiger partial charge on any atom is 0.407 e. The van der Waals surface area contributed by atoms with Crippen LogP contribution in [0.25, 0.3) is 0 Å². The molecule has 1 unspecified atom stereocenters. The Kier molecular flexibility index (Phi) is 9.98. The van der Waals surface area contributed by atoms with E-state index in [-0.39, 0.29) is 6.61 Å². The van der Waals surface area contributed by atoms with Crippen molar-refractivity contribution < 1.29 is 33.3 Å². The SMILES string of the molecule is O=C(N[C@@H]1[C@H](OC(=O)c2ccccc2)[C@@H]2OC(c3ccccc3)OC[C@H]2O[C@H]1Sc1ccccc1)OCC(Cl)(Cl)Cl. The Hall–Kier alpha value is -2.50. The van der Waals surface area contributed by atoms with Crippen LogP contribution in [0.3, 0.4) is 0 Å². The lowest BCUT2D eigenvalue weighted by atomic mass is 9.96. The van der Waals surface area contributed by atoms with Crippen LogP contribution >= 0.6 is 46.6 Å². The third-order valence-corrected chi connectivity index (χ3v) is 7.82. The van der Waals surface area contributed by atoms with E-state index in [1.165, 1.54) is 11.8 Å². The fourth-order valence-electron chi connectivity index (χ4n) is 4.47. The largest absolute Gasteiger partial charge is 0.454 e. The molecule has 0 aliphatic carbocycles. The second kappa shape index (κ2) is 13.6. The molecule has 1 N–H and O–H groups in total. The maximum atomic E-state index is 13.3. The highest BCUT2D eigenvalue weighted by molar-refractivity contribution is 7.99. The summed E-state index contributed by atoms with van der Waals surface area (Å²) in [4.78, 5) is 27.1. The molecule has 8 nitrogen and oxygen atoms in total. The Morgan fingerprint density at radius 2 is 1.54 bits per heavy atom. The average molecular weight is 639 g/mol. The molecule has 2 aliphatic rings. The molecule has 6 atom stereocenters. The summed E-state index contributed by atoms with van der Waals surface area (Å²) in [5, 5.41) is 2.78. The van der Waals surface area contributed by atoms with Crippen LogP contribution in [0, 0.1) is 0 Å². The molecule has 2 fully saturated rings. The van der Waals surface area contributed by atoms with E-state index < -0.39 is 58.5 Å². The molecule has 3 aromatic carbocycles. The van der Waals surface area contributed by atoms with Crippen LogP contribution in [0.4, 0.5) is 4.79 Å². The van der Waals surface area contributed by atoms with Gasteiger partial charge >= 0.3 is 12.1 Å². The molecule has 5 rings (SSSR count). The van der Waals surface area contributed by atoms with Crippen LogP contribution in [0.5, 0.6) is 0 Å². The quantitative estimate of drug-likeness (QED) is 0.238. The molecule has 0 saturated carbocycles. The number of benzene rings is 3. The van der Waals surface area contributed by atoms with Gasteiger partial charge in [-0.2, -0.15) is 0 Å². The van der Waals surface area contributed by atoms with Crippen molar-refractivity contribution in [3.8, 4) is 0 Å². The summed E-state index contributed by atoms with van der Waals surface area (Å²) in [5.74, 6) is -0.590. The fourth-order valence-corrected chi connectivity index (χ4v) is 5.78. The molecule has 2 saturated heterocycles. The summed E-state index contributed by atoms with van der Waals surface area (Å²) in [6.07, 6.45) is -4.03. The first-order valence-electron chi connectivity index (χ1n) is 12.7. The molecule has 2 aliphatic heterocycles. The van der Waals surface area contributed by atoms with Crippen LogP contribution in [0.15, 0.2) is 95.9 Å². The number of hydrogen-bond acceptors (Lipinski definition) is 8. The summed E-state index contributed by atoms with van der Waals surface area (Å²) in [7, 11) is 0. The number of alkyl halides is 3. The van der Waals surface area contributed by atoms with Crippen molar-refractivity contribution in [1.82, 2.24) is 5.32 Å². The van der Waals surface area contributed by atoms with Gasteiger partial charge in [0.2, 0.25) is 3.79 Å². The van der Waals surface area contributed by atoms with E-state index in [0.717, 1.165) is 10.5 Å². The summed E-state index contributed by atoms with van der Waals surface area (Å²) >= 11 is 18.7. The van der Waals surface area contributed by atoms with E-state index in [9.17, 15) is 9.59 Å². The Balaban J connectivity index is 1.47. The Labute approximate surface area is 256 Å². The van der Waals surface area contributed by atoms with Gasteiger partial charge in [0.15, 0.2) is 12.4 Å². The van der Waals surface area contributed by atoms with Crippen molar-refractivity contribution >= 4 is 58.6 Å². The van der Waals surface area contributed by atoms with Crippen molar-refractivity contribution in [3.63, 3.8) is 0 Å². The molecule has 216 valence electrons. The van der Waals surface area contributed by atoms with Gasteiger partial charge in [0, 0.05) is 10.5 Å². The second-order valence-corrected chi connectivity index (χ2v) is 12.9. The van der Waals surface area contributed by atoms with E-state index in [0.29, 0.717) is 5.56 Å². The molecule has 1 amide bonds. The maximum absolute atomic E-state index is 13.3. The Morgan fingerprint density at radius 3 is 2.20 bits per heavy atom. The zero-order valence-electron chi connectivity index (χ0n) is 21.4. The first-order chi connectivity index (χ1) is 19.8. The number of amides is 1. The number of halogens is 3. The van der Waals surface area contributed by atoms with E-state index in [2.05, 4.69) is 5.32 Å². The molecule has 0 bridgehead atoms. The van der Waals surface area contributed by atoms with Gasteiger partial charge in [-0.1, -0.05) is 113 Å². The first kappa shape index (κ1) is 30.0. The zero-order valence-corrected chi connectivity index (χ0v) is 24.5. The topological polar surface area (TPSA) is 92.3 Å². The molecule has 3 aromatic rings. The van der Waals surface area contributed by atoms with E-state index in [4.69, 9.17) is 58.5 Å². The van der Waals surface area contributed by atoms with E-state index in [1.54, 1.807) is 30.3 Å². The second-order valence-electron chi connectivity index (χ2n) is 9.25. The molecular weight excluding hydrogens is 613 g/mol. The van der Waals surface area contributed by atoms with Crippen molar-refractivity contribution in [3.05, 3.63) is 102 Å². The summed E-state index contributed by atoms with van der Waals surface area (Å²) < 4.78 is 28.2. The van der Waals surface area contributed by atoms with Gasteiger partial charge in [0.1, 0.15) is 30.3 Å². The van der Waals surface area contributed by atoms with Gasteiger partial charge in [0.25, 0.3) is 0 Å². The molecule has 0 spiro atoms. The Morgan fingerprint density at radius 1 is 0.902 bits per heavy atom. The number of rotatable bonds is 7. The van der Waals surface area contributed by atoms with Gasteiger partial charge in [-0.15, -0.1) is 0 Å². The Bertz CT molecular complexity index is 1300. The normalized spacial score (nSPS) is 25.9. The average Bonchev–Trinajstić information content (AvgIpc) is 2.98. The predicted molar refractivity (Wildman–Crippen MR) is 155 cm³/mol. The van der Waals surface area contributed by atoms with Crippen molar-refractivity contribution in [2.45, 2.75) is 44.8 Å². The lowest BCUT2D eigenvalue weighted by Crippen LogP contribution is -2.66. The number of alkyl carbamates (subject to hydrolysis) is 1. The third-order valence-electron chi connectivity index (χ3n) is 6.31. The predicted octanol–water partition coefficient (Wildman–Crippen LogP) is 6.31. The lowest BCUT2D eigenvalue weighted by molar-refractivity contribution is -0.306. The smallest absolute Gasteiger partial charge is 0.407 e. The van der Waals surface area contributed by atoms with Gasteiger partial charge in [-0.05, 0) is 24.3 Å². The number of carbonyl (C=O) groups is 2. The molecule has 12 heteroatoms. The highest BCUT2D eigenvalue weighted by Crippen LogP contribution is 2.40. The number of carbonyl (C=O) groups excluding carboxylic acids is 2. The van der Waals surface area contributed by atoms with Crippen LogP contribution in [0.1, 0.15) is 22.2 Å². The van der Waals surface area contributed by atoms with E-state index >= 15 is 0 Å². The molecular formula is C29H26Cl3NO7S. The molecule has 2 heterocycles. The first-order valence-corrected chi connectivity index (χ1v) is 14.7. The monoisotopic (exact) mass is 637 g/mol. The summed E-state index contributed by atoms with van der Waals surface area (Å²) in [6.45, 7) is -0.325. The van der Waals surface area contributed by atoms with Crippen molar-refractivity contribution in [2.75, 3.05) is 13.2 Å². The van der Waals surface area contributed by atoms with E-state index in [1.807, 2.05) is 60.7 Å². The lowest BCUT2D eigenvalue weighted by Gasteiger charge is -2.48. The third kappa shape index (κ3) is 8.08. The number of fused-ring (bicyclic) bond motifs is 1. The minimum Gasteiger partial charge on any atom is -0.454 e. The van der Waals surface area contributed by atoms with Crippen LogP contribution in [-0.4, -0.2) is 58.9 Å². The number of thioether (sulfide) groups is 1. The summed E-state index contributed by atoms with van der Waals surface area (Å²) in [5.41, 5.74) is 0.395. The van der Waals surface area contributed by atoms with Crippen molar-refractivity contribution in [1.29, 1.82) is 0 Å². The van der Waals surface area contributed by atoms with Crippen molar-refractivity contribution in [2.24, 2.45) is 0 Å². The fraction of sp³-hybridized carbons (Fsp3) is 0.310. The highest BCUT2D eigenvalue weighted by Gasteiger charge is 2.53. The van der Waals surface area contributed by atoms with Crippen LogP contribution in [-0.2, 0) is 23.7 Å². The minimum atomic E-state index is -1.81. The standard InChI is InChI=1S/C29H26Cl3NO7S/c30-29(31,32)17-37-28(35)33-22-24(39-25(34)18-10-4-1-5-11-18)23-21(38-27(22)41-20-14-8-3-9-15-20)16-36-26(40-23)19-12-6-2-7-13-19/h1-15,21-24,26-27H,16-17H2,(H,33,35)/t21-,22-,23-,24+,26?,27+/m1/s1. The zero-order chi connectivity index (χ0) is 28.8. The molecule has 0 radical (unpaired) electrons. The highest BCUT2D eigenvalue weighted by atomic mass is 35.6. The van der Waals surface area contributed by atoms with Gasteiger partial charge < -0.3 is 29.0 Å². The van der Waals surface area contributed by atoms with Crippen LogP contribution in [0.2, 0.25) is 0 Å². The number of hydrogen-bond donors (Lipinski definition) is 1. The minimum absolute atomic E-state index is 0.167.